The molecule has 0 aliphatic rings. The molecule has 0 unspecified atom stereocenters. The summed E-state index contributed by atoms with van der Waals surface area (Å²) in [5.41, 5.74) is 4.40. The van der Waals surface area contributed by atoms with E-state index >= 15 is 0 Å². The molecule has 0 spiro atoms. The molecule has 5 rings (SSSR count). The van der Waals surface area contributed by atoms with Gasteiger partial charge in [0.15, 0.2) is 5.82 Å². The first kappa shape index (κ1) is 19.8. The Bertz CT molecular complexity index is 1450. The van der Waals surface area contributed by atoms with E-state index in [9.17, 15) is 4.79 Å². The molecule has 5 aromatic rings. The van der Waals surface area contributed by atoms with Crippen LogP contribution in [0.3, 0.4) is 0 Å². The predicted molar refractivity (Wildman–Crippen MR) is 122 cm³/mol. The van der Waals surface area contributed by atoms with E-state index in [1.807, 2.05) is 43.3 Å². The van der Waals surface area contributed by atoms with Crippen molar-refractivity contribution in [1.82, 2.24) is 29.9 Å². The fourth-order valence-electron chi connectivity index (χ4n) is 3.44. The smallest absolute Gasteiger partial charge is 0.257 e. The Morgan fingerprint density at radius 1 is 0.938 bits per heavy atom. The predicted octanol–water partition coefficient (Wildman–Crippen LogP) is 4.49. The van der Waals surface area contributed by atoms with Gasteiger partial charge in [-0.25, -0.2) is 4.98 Å². The lowest BCUT2D eigenvalue weighted by atomic mass is 9.98. The highest BCUT2D eigenvalue weighted by atomic mass is 35.5. The van der Waals surface area contributed by atoms with Gasteiger partial charge in [0.2, 0.25) is 0 Å². The van der Waals surface area contributed by atoms with Crippen molar-refractivity contribution in [1.29, 1.82) is 0 Å². The SMILES string of the molecule is Cc1ncc(C(=O)Nc2cnc(-n3nccn3)c(Cl)c2)cc1-c1cccc2ncccc12. The van der Waals surface area contributed by atoms with Crippen LogP contribution in [-0.4, -0.2) is 35.9 Å². The van der Waals surface area contributed by atoms with Crippen LogP contribution < -0.4 is 5.32 Å². The second-order valence-corrected chi connectivity index (χ2v) is 7.44. The van der Waals surface area contributed by atoms with Gasteiger partial charge in [-0.15, -0.1) is 4.80 Å². The lowest BCUT2D eigenvalue weighted by Gasteiger charge is -2.12. The van der Waals surface area contributed by atoms with E-state index in [1.165, 1.54) is 23.4 Å². The first-order chi connectivity index (χ1) is 15.6. The number of hydrogen-bond donors (Lipinski definition) is 1. The molecule has 0 saturated carbocycles. The van der Waals surface area contributed by atoms with E-state index in [1.54, 1.807) is 18.5 Å². The number of aryl methyl sites for hydroxylation is 1. The zero-order chi connectivity index (χ0) is 22.1. The fourth-order valence-corrected chi connectivity index (χ4v) is 3.68. The number of carbonyl (C=O) groups excluding carboxylic acids is 1. The van der Waals surface area contributed by atoms with Crippen molar-refractivity contribution in [3.63, 3.8) is 0 Å². The van der Waals surface area contributed by atoms with Crippen molar-refractivity contribution in [3.8, 4) is 16.9 Å². The van der Waals surface area contributed by atoms with E-state index in [-0.39, 0.29) is 5.91 Å². The number of fused-ring (bicyclic) bond motifs is 1. The maximum atomic E-state index is 12.9. The standard InChI is InChI=1S/C23H16ClN7O/c1-14-19(17-4-2-6-21-18(17)5-3-7-25-21)10-15(12-26-14)23(32)30-16-11-20(24)22(27-13-16)31-28-8-9-29-31/h2-13H,1H3,(H,30,32). The third kappa shape index (κ3) is 3.67. The number of carbonyl (C=O) groups is 1. The summed E-state index contributed by atoms with van der Waals surface area (Å²) in [6, 6.07) is 13.2. The van der Waals surface area contributed by atoms with Gasteiger partial charge in [0.1, 0.15) is 0 Å². The average Bonchev–Trinajstić information content (AvgIpc) is 3.34. The molecule has 0 radical (unpaired) electrons. The summed E-state index contributed by atoms with van der Waals surface area (Å²) in [6.07, 6.45) is 7.87. The summed E-state index contributed by atoms with van der Waals surface area (Å²) in [4.78, 5) is 27.4. The van der Waals surface area contributed by atoms with E-state index in [2.05, 4.69) is 30.5 Å². The number of anilines is 1. The van der Waals surface area contributed by atoms with Crippen molar-refractivity contribution in [3.05, 3.63) is 89.7 Å². The molecule has 9 heteroatoms. The minimum Gasteiger partial charge on any atom is -0.320 e. The second kappa shape index (κ2) is 8.16. The van der Waals surface area contributed by atoms with Gasteiger partial charge in [0.05, 0.1) is 40.4 Å². The Morgan fingerprint density at radius 3 is 2.59 bits per heavy atom. The molecule has 8 nitrogen and oxygen atoms in total. The molecular weight excluding hydrogens is 426 g/mol. The van der Waals surface area contributed by atoms with Gasteiger partial charge in [-0.3, -0.25) is 14.8 Å². The topological polar surface area (TPSA) is 98.5 Å². The van der Waals surface area contributed by atoms with Crippen LogP contribution in [0.4, 0.5) is 5.69 Å². The lowest BCUT2D eigenvalue weighted by Crippen LogP contribution is -2.13. The maximum Gasteiger partial charge on any atom is 0.257 e. The summed E-state index contributed by atoms with van der Waals surface area (Å²) in [5, 5.41) is 12.1. The van der Waals surface area contributed by atoms with Crippen molar-refractivity contribution in [2.75, 3.05) is 5.32 Å². The second-order valence-electron chi connectivity index (χ2n) is 7.03. The van der Waals surface area contributed by atoms with Crippen molar-refractivity contribution >= 4 is 34.1 Å². The fraction of sp³-hybridized carbons (Fsp3) is 0.0435. The molecular formula is C23H16ClN7O. The summed E-state index contributed by atoms with van der Waals surface area (Å²) in [5.74, 6) is 0.0541. The molecule has 0 fully saturated rings. The molecule has 0 saturated heterocycles. The number of halogens is 1. The molecule has 1 aromatic carbocycles. The van der Waals surface area contributed by atoms with Gasteiger partial charge in [-0.2, -0.15) is 10.2 Å². The summed E-state index contributed by atoms with van der Waals surface area (Å²) in [7, 11) is 0. The third-order valence-electron chi connectivity index (χ3n) is 4.97. The van der Waals surface area contributed by atoms with Crippen LogP contribution in [0.25, 0.3) is 27.8 Å². The molecule has 156 valence electrons. The molecule has 0 bridgehead atoms. The van der Waals surface area contributed by atoms with Crippen LogP contribution >= 0.6 is 11.6 Å². The van der Waals surface area contributed by atoms with Gasteiger partial charge in [0, 0.05) is 29.0 Å². The third-order valence-corrected chi connectivity index (χ3v) is 5.25. The van der Waals surface area contributed by atoms with Crippen molar-refractivity contribution in [2.45, 2.75) is 6.92 Å². The Kier molecular flexibility index (Phi) is 5.04. The molecule has 32 heavy (non-hydrogen) atoms. The Labute approximate surface area is 187 Å². The number of nitrogens with zero attached hydrogens (tertiary/aromatic N) is 6. The van der Waals surface area contributed by atoms with E-state index < -0.39 is 0 Å². The zero-order valence-corrected chi connectivity index (χ0v) is 17.7. The first-order valence-corrected chi connectivity index (χ1v) is 10.1. The van der Waals surface area contributed by atoms with Gasteiger partial charge < -0.3 is 5.32 Å². The summed E-state index contributed by atoms with van der Waals surface area (Å²) >= 11 is 6.30. The molecule has 1 amide bonds. The van der Waals surface area contributed by atoms with Crippen molar-refractivity contribution < 1.29 is 4.79 Å². The van der Waals surface area contributed by atoms with Crippen LogP contribution in [-0.2, 0) is 0 Å². The quantitative estimate of drug-likeness (QED) is 0.441. The highest BCUT2D eigenvalue weighted by molar-refractivity contribution is 6.32. The lowest BCUT2D eigenvalue weighted by molar-refractivity contribution is 0.102. The molecule has 0 atom stereocenters. The number of nitrogens with one attached hydrogen (secondary N) is 1. The average molecular weight is 442 g/mol. The number of hydrogen-bond acceptors (Lipinski definition) is 6. The Hall–Kier alpha value is -4.17. The minimum absolute atomic E-state index is 0.310. The van der Waals surface area contributed by atoms with Gasteiger partial charge in [-0.05, 0) is 36.8 Å². The maximum absolute atomic E-state index is 12.9. The van der Waals surface area contributed by atoms with Crippen LogP contribution in [0, 0.1) is 6.92 Å². The zero-order valence-electron chi connectivity index (χ0n) is 16.9. The summed E-state index contributed by atoms with van der Waals surface area (Å²) in [6.45, 7) is 1.91. The molecule has 0 aliphatic heterocycles. The Balaban J connectivity index is 1.46. The highest BCUT2D eigenvalue weighted by Crippen LogP contribution is 2.30. The molecule has 4 heterocycles. The van der Waals surface area contributed by atoms with Crippen LogP contribution in [0.1, 0.15) is 16.1 Å². The number of amides is 1. The van der Waals surface area contributed by atoms with Gasteiger partial charge in [0.25, 0.3) is 5.91 Å². The van der Waals surface area contributed by atoms with Crippen LogP contribution in [0.2, 0.25) is 5.02 Å². The largest absolute Gasteiger partial charge is 0.320 e. The molecule has 0 aliphatic carbocycles. The molecule has 4 aromatic heterocycles. The number of pyridine rings is 3. The monoisotopic (exact) mass is 441 g/mol. The highest BCUT2D eigenvalue weighted by Gasteiger charge is 2.14. The number of aromatic nitrogens is 6. The molecule has 1 N–H and O–H groups in total. The van der Waals surface area contributed by atoms with Gasteiger partial charge >= 0.3 is 0 Å². The van der Waals surface area contributed by atoms with E-state index in [0.717, 1.165) is 27.7 Å². The van der Waals surface area contributed by atoms with Crippen LogP contribution in [0.5, 0.6) is 0 Å². The van der Waals surface area contributed by atoms with Crippen molar-refractivity contribution in [2.24, 2.45) is 0 Å². The minimum atomic E-state index is -0.319. The first-order valence-electron chi connectivity index (χ1n) is 9.74. The normalized spacial score (nSPS) is 10.9. The Morgan fingerprint density at radius 2 is 1.78 bits per heavy atom. The van der Waals surface area contributed by atoms with E-state index in [4.69, 9.17) is 11.6 Å². The van der Waals surface area contributed by atoms with E-state index in [0.29, 0.717) is 22.1 Å². The van der Waals surface area contributed by atoms with Gasteiger partial charge in [-0.1, -0.05) is 29.8 Å². The van der Waals surface area contributed by atoms with Crippen LogP contribution in [0.15, 0.2) is 73.4 Å². The number of benzene rings is 1. The summed E-state index contributed by atoms with van der Waals surface area (Å²) < 4.78 is 0. The number of rotatable bonds is 4.